The third-order valence-electron chi connectivity index (χ3n) is 3.32. The Morgan fingerprint density at radius 3 is 2.67 bits per heavy atom. The van der Waals surface area contributed by atoms with E-state index in [4.69, 9.17) is 5.73 Å². The van der Waals surface area contributed by atoms with Crippen LogP contribution in [-0.4, -0.2) is 26.3 Å². The lowest BCUT2D eigenvalue weighted by Crippen LogP contribution is -2.29. The van der Waals surface area contributed by atoms with Crippen LogP contribution in [0.5, 0.6) is 0 Å². The zero-order chi connectivity index (χ0) is 15.6. The third-order valence-corrected chi connectivity index (χ3v) is 6.09. The first-order valence-corrected chi connectivity index (χ1v) is 8.68. The van der Waals surface area contributed by atoms with Crippen molar-refractivity contribution in [3.63, 3.8) is 0 Å². The maximum Gasteiger partial charge on any atom is 0.243 e. The Morgan fingerprint density at radius 1 is 1.38 bits per heavy atom. The van der Waals surface area contributed by atoms with Crippen molar-refractivity contribution in [3.8, 4) is 0 Å². The minimum atomic E-state index is -3.74. The molecule has 0 fully saturated rings. The summed E-state index contributed by atoms with van der Waals surface area (Å²) in [6.07, 6.45) is 0.622. The molecule has 1 aromatic carbocycles. The van der Waals surface area contributed by atoms with Crippen LogP contribution in [0.2, 0.25) is 0 Å². The highest BCUT2D eigenvalue weighted by atomic mass is 32.2. The van der Waals surface area contributed by atoms with E-state index >= 15 is 0 Å². The fourth-order valence-electron chi connectivity index (χ4n) is 1.85. The van der Waals surface area contributed by atoms with Gasteiger partial charge in [0.05, 0.1) is 4.90 Å². The molecule has 7 heteroatoms. The quantitative estimate of drug-likeness (QED) is 0.858. The highest BCUT2D eigenvalue weighted by molar-refractivity contribution is 7.89. The number of halogens is 1. The fraction of sp³-hybridized carbons (Fsp3) is 0.286. The summed E-state index contributed by atoms with van der Waals surface area (Å²) in [5.74, 6) is -0.611. The summed E-state index contributed by atoms with van der Waals surface area (Å²) in [7, 11) is -2.25. The van der Waals surface area contributed by atoms with Gasteiger partial charge in [-0.2, -0.15) is 0 Å². The maximum absolute atomic E-state index is 13.7. The number of hydrogen-bond donors (Lipinski definition) is 1. The number of rotatable bonds is 5. The van der Waals surface area contributed by atoms with Gasteiger partial charge in [0.15, 0.2) is 0 Å². The maximum atomic E-state index is 13.7. The number of nitrogens with two attached hydrogens (primary N) is 1. The summed E-state index contributed by atoms with van der Waals surface area (Å²) in [6, 6.07) is 6.19. The van der Waals surface area contributed by atoms with Crippen LogP contribution in [-0.2, 0) is 16.4 Å². The van der Waals surface area contributed by atoms with Crippen LogP contribution in [0.15, 0.2) is 34.5 Å². The molecule has 0 aliphatic carbocycles. The van der Waals surface area contributed by atoms with Crippen LogP contribution in [0.4, 0.5) is 10.1 Å². The minimum absolute atomic E-state index is 0.114. The van der Waals surface area contributed by atoms with Gasteiger partial charge in [-0.15, -0.1) is 11.3 Å². The number of nitrogens with zero attached hydrogens (tertiary/aromatic N) is 1. The lowest BCUT2D eigenvalue weighted by Gasteiger charge is -2.17. The van der Waals surface area contributed by atoms with E-state index in [1.165, 1.54) is 24.3 Å². The van der Waals surface area contributed by atoms with Gasteiger partial charge in [0, 0.05) is 29.7 Å². The Bertz CT molecular complexity index is 704. The number of nitrogen functional groups attached to an aromatic ring is 1. The van der Waals surface area contributed by atoms with E-state index in [-0.39, 0.29) is 16.1 Å². The molecule has 114 valence electrons. The zero-order valence-electron chi connectivity index (χ0n) is 11.8. The summed E-state index contributed by atoms with van der Waals surface area (Å²) in [6.45, 7) is 1.85. The van der Waals surface area contributed by atoms with Gasteiger partial charge in [0.2, 0.25) is 10.0 Å². The van der Waals surface area contributed by atoms with Crippen LogP contribution >= 0.6 is 11.3 Å². The van der Waals surface area contributed by atoms with Crippen LogP contribution in [0.3, 0.4) is 0 Å². The van der Waals surface area contributed by atoms with Crippen LogP contribution in [0.1, 0.15) is 10.4 Å². The monoisotopic (exact) mass is 328 g/mol. The van der Waals surface area contributed by atoms with Crippen molar-refractivity contribution in [1.82, 2.24) is 4.31 Å². The summed E-state index contributed by atoms with van der Waals surface area (Å²) < 4.78 is 39.7. The molecule has 0 aliphatic heterocycles. The second kappa shape index (κ2) is 6.13. The van der Waals surface area contributed by atoms with E-state index in [9.17, 15) is 12.8 Å². The first-order valence-electron chi connectivity index (χ1n) is 6.36. The van der Waals surface area contributed by atoms with Crippen molar-refractivity contribution < 1.29 is 12.8 Å². The van der Waals surface area contributed by atoms with Gasteiger partial charge >= 0.3 is 0 Å². The van der Waals surface area contributed by atoms with Crippen LogP contribution in [0, 0.1) is 12.7 Å². The summed E-state index contributed by atoms with van der Waals surface area (Å²) in [5.41, 5.74) is 6.05. The van der Waals surface area contributed by atoms with Gasteiger partial charge in [-0.25, -0.2) is 17.1 Å². The number of anilines is 1. The van der Waals surface area contributed by atoms with E-state index in [0.717, 1.165) is 10.9 Å². The highest BCUT2D eigenvalue weighted by Gasteiger charge is 2.22. The average Bonchev–Trinajstić information content (AvgIpc) is 2.94. The number of sulfonamides is 1. The third kappa shape index (κ3) is 3.42. The normalized spacial score (nSPS) is 12.0. The first-order chi connectivity index (χ1) is 9.82. The molecule has 0 saturated heterocycles. The fourth-order valence-corrected chi connectivity index (χ4v) is 3.76. The largest absolute Gasteiger partial charge is 0.398 e. The minimum Gasteiger partial charge on any atom is -0.398 e. The summed E-state index contributed by atoms with van der Waals surface area (Å²) in [4.78, 5) is 0.989. The molecule has 0 unspecified atom stereocenters. The Hall–Kier alpha value is -1.44. The lowest BCUT2D eigenvalue weighted by molar-refractivity contribution is 0.472. The van der Waals surface area contributed by atoms with Crippen molar-refractivity contribution in [2.75, 3.05) is 19.3 Å². The number of likely N-dealkylation sites (N-methyl/N-ethyl adjacent to an activating group) is 1. The van der Waals surface area contributed by atoms with Gasteiger partial charge in [-0.1, -0.05) is 6.07 Å². The molecule has 0 saturated carbocycles. The predicted molar refractivity (Wildman–Crippen MR) is 83.4 cm³/mol. The van der Waals surface area contributed by atoms with Crippen molar-refractivity contribution >= 4 is 27.0 Å². The Labute approximate surface area is 128 Å². The van der Waals surface area contributed by atoms with Gasteiger partial charge in [-0.3, -0.25) is 0 Å². The molecule has 0 bridgehead atoms. The number of benzene rings is 1. The molecule has 1 heterocycles. The zero-order valence-corrected chi connectivity index (χ0v) is 13.5. The Morgan fingerprint density at radius 2 is 2.10 bits per heavy atom. The summed E-state index contributed by atoms with van der Waals surface area (Å²) >= 11 is 1.58. The smallest absolute Gasteiger partial charge is 0.243 e. The molecule has 2 aromatic rings. The van der Waals surface area contributed by atoms with E-state index < -0.39 is 15.8 Å². The summed E-state index contributed by atoms with van der Waals surface area (Å²) in [5, 5.41) is 1.94. The predicted octanol–water partition coefficient (Wildman–Crippen LogP) is 2.64. The second-order valence-electron chi connectivity index (χ2n) is 4.78. The Kier molecular flexibility index (Phi) is 4.65. The van der Waals surface area contributed by atoms with Gasteiger partial charge in [0.25, 0.3) is 0 Å². The SMILES string of the molecule is Cc1c(N)cc(S(=O)(=O)N(C)CCc2cccs2)cc1F. The van der Waals surface area contributed by atoms with Crippen molar-refractivity contribution in [3.05, 3.63) is 45.9 Å². The molecule has 0 spiro atoms. The molecule has 4 nitrogen and oxygen atoms in total. The van der Waals surface area contributed by atoms with Crippen LogP contribution in [0.25, 0.3) is 0 Å². The molecule has 0 aliphatic rings. The molecular weight excluding hydrogens is 311 g/mol. The molecule has 1 aromatic heterocycles. The highest BCUT2D eigenvalue weighted by Crippen LogP contribution is 2.23. The van der Waals surface area contributed by atoms with Gasteiger partial charge < -0.3 is 5.73 Å². The van der Waals surface area contributed by atoms with E-state index in [0.29, 0.717) is 13.0 Å². The molecule has 0 amide bonds. The van der Waals surface area contributed by atoms with E-state index in [1.807, 2.05) is 17.5 Å². The van der Waals surface area contributed by atoms with E-state index in [2.05, 4.69) is 0 Å². The standard InChI is InChI=1S/C14H17FN2O2S2/c1-10-13(15)8-12(9-14(10)16)21(18,19)17(2)6-5-11-4-3-7-20-11/h3-4,7-9H,5-6,16H2,1-2H3. The Balaban J connectivity index is 2.20. The number of hydrogen-bond acceptors (Lipinski definition) is 4. The van der Waals surface area contributed by atoms with Gasteiger partial charge in [-0.05, 0) is 36.9 Å². The van der Waals surface area contributed by atoms with Crippen molar-refractivity contribution in [2.24, 2.45) is 0 Å². The molecule has 0 radical (unpaired) electrons. The first kappa shape index (κ1) is 15.9. The molecule has 0 atom stereocenters. The molecule has 2 N–H and O–H groups in total. The van der Waals surface area contributed by atoms with Crippen molar-refractivity contribution in [1.29, 1.82) is 0 Å². The van der Waals surface area contributed by atoms with E-state index in [1.54, 1.807) is 11.3 Å². The average molecular weight is 328 g/mol. The second-order valence-corrected chi connectivity index (χ2v) is 7.85. The topological polar surface area (TPSA) is 63.4 Å². The molecular formula is C14H17FN2O2S2. The lowest BCUT2D eigenvalue weighted by atomic mass is 10.2. The number of thiophene rings is 1. The molecule has 21 heavy (non-hydrogen) atoms. The van der Waals surface area contributed by atoms with Gasteiger partial charge in [0.1, 0.15) is 5.82 Å². The molecule has 2 rings (SSSR count). The van der Waals surface area contributed by atoms with Crippen LogP contribution < -0.4 is 5.73 Å². The van der Waals surface area contributed by atoms with Crippen molar-refractivity contribution in [2.45, 2.75) is 18.2 Å².